The molecule has 1 amide bonds. The summed E-state index contributed by atoms with van der Waals surface area (Å²) in [7, 11) is 0. The van der Waals surface area contributed by atoms with E-state index in [1.807, 2.05) is 91.9 Å². The minimum Gasteiger partial charge on any atom is -0.490 e. The minimum atomic E-state index is -0.472. The van der Waals surface area contributed by atoms with Gasteiger partial charge in [-0.05, 0) is 81.8 Å². The predicted octanol–water partition coefficient (Wildman–Crippen LogP) is 6.97. The Bertz CT molecular complexity index is 1430. The Balaban J connectivity index is 1.56. The Morgan fingerprint density at radius 2 is 1.71 bits per heavy atom. The number of nitriles is 1. The van der Waals surface area contributed by atoms with Crippen LogP contribution in [0.25, 0.3) is 16.8 Å². The van der Waals surface area contributed by atoms with Crippen LogP contribution in [0.3, 0.4) is 0 Å². The van der Waals surface area contributed by atoms with Crippen molar-refractivity contribution in [3.05, 3.63) is 105 Å². The number of ether oxygens (including phenoxy) is 2. The molecule has 0 heterocycles. The number of rotatable bonds is 8. The van der Waals surface area contributed by atoms with Crippen LogP contribution in [0.4, 0.5) is 5.69 Å². The lowest BCUT2D eigenvalue weighted by Gasteiger charge is -2.15. The molecule has 0 aliphatic carbocycles. The predicted molar refractivity (Wildman–Crippen MR) is 147 cm³/mol. The average molecular weight is 574 g/mol. The third-order valence-electron chi connectivity index (χ3n) is 5.24. The molecule has 35 heavy (non-hydrogen) atoms. The number of carbonyl (C=O) groups excluding carboxylic acids is 1. The normalized spacial score (nSPS) is 11.1. The van der Waals surface area contributed by atoms with Crippen molar-refractivity contribution in [2.45, 2.75) is 13.5 Å². The molecule has 4 rings (SSSR count). The van der Waals surface area contributed by atoms with E-state index in [0.717, 1.165) is 19.9 Å². The molecule has 0 aliphatic rings. The number of amides is 1. The second-order valence-electron chi connectivity index (χ2n) is 7.72. The van der Waals surface area contributed by atoms with E-state index < -0.39 is 5.91 Å². The van der Waals surface area contributed by atoms with Gasteiger partial charge in [-0.1, -0.05) is 60.7 Å². The average Bonchev–Trinajstić information content (AvgIpc) is 2.87. The number of fused-ring (bicyclic) bond motifs is 1. The van der Waals surface area contributed by atoms with Gasteiger partial charge in [-0.25, -0.2) is 0 Å². The summed E-state index contributed by atoms with van der Waals surface area (Å²) in [4.78, 5) is 12.8. The fraction of sp³-hybridized carbons (Fsp3) is 0.103. The summed E-state index contributed by atoms with van der Waals surface area (Å²) in [6, 6.07) is 29.1. The fourth-order valence-electron chi connectivity index (χ4n) is 3.58. The second kappa shape index (κ2) is 11.5. The first-order valence-corrected chi connectivity index (χ1v) is 12.2. The summed E-state index contributed by atoms with van der Waals surface area (Å²) >= 11 is 2.18. The zero-order valence-electron chi connectivity index (χ0n) is 19.1. The second-order valence-corrected chi connectivity index (χ2v) is 8.89. The highest BCUT2D eigenvalue weighted by atomic mass is 127. The molecule has 0 saturated carbocycles. The maximum atomic E-state index is 12.8. The van der Waals surface area contributed by atoms with Crippen LogP contribution in [0, 0.1) is 14.9 Å². The number of anilines is 1. The minimum absolute atomic E-state index is 0.00522. The van der Waals surface area contributed by atoms with Crippen LogP contribution in [0.1, 0.15) is 18.1 Å². The van der Waals surface area contributed by atoms with Gasteiger partial charge in [-0.15, -0.1) is 0 Å². The third-order valence-corrected chi connectivity index (χ3v) is 6.04. The van der Waals surface area contributed by atoms with Crippen molar-refractivity contribution in [3.8, 4) is 17.6 Å². The van der Waals surface area contributed by atoms with Crippen LogP contribution in [-0.2, 0) is 11.4 Å². The Morgan fingerprint density at radius 1 is 0.971 bits per heavy atom. The van der Waals surface area contributed by atoms with Gasteiger partial charge in [0.2, 0.25) is 0 Å². The summed E-state index contributed by atoms with van der Waals surface area (Å²) in [5, 5.41) is 14.6. The molecule has 0 spiro atoms. The summed E-state index contributed by atoms with van der Waals surface area (Å²) in [6.45, 7) is 2.76. The molecule has 0 atom stereocenters. The van der Waals surface area contributed by atoms with Crippen LogP contribution in [0.5, 0.6) is 11.5 Å². The number of nitrogens with zero attached hydrogens (tertiary/aromatic N) is 1. The van der Waals surface area contributed by atoms with Crippen LogP contribution in [-0.4, -0.2) is 12.5 Å². The lowest BCUT2D eigenvalue weighted by atomic mass is 10.1. The Labute approximate surface area is 218 Å². The van der Waals surface area contributed by atoms with Gasteiger partial charge in [0.15, 0.2) is 11.5 Å². The van der Waals surface area contributed by atoms with Crippen molar-refractivity contribution in [2.24, 2.45) is 0 Å². The van der Waals surface area contributed by atoms with Crippen molar-refractivity contribution in [2.75, 3.05) is 11.9 Å². The topological polar surface area (TPSA) is 71.3 Å². The van der Waals surface area contributed by atoms with Crippen LogP contribution >= 0.6 is 22.6 Å². The van der Waals surface area contributed by atoms with Gasteiger partial charge in [-0.2, -0.15) is 5.26 Å². The maximum Gasteiger partial charge on any atom is 0.266 e. The number of hydrogen-bond acceptors (Lipinski definition) is 4. The van der Waals surface area contributed by atoms with Gasteiger partial charge in [0.25, 0.3) is 5.91 Å². The molecule has 5 nitrogen and oxygen atoms in total. The molecule has 0 fully saturated rings. The molecule has 4 aromatic carbocycles. The van der Waals surface area contributed by atoms with E-state index >= 15 is 0 Å². The van der Waals surface area contributed by atoms with Crippen molar-refractivity contribution in [1.82, 2.24) is 0 Å². The van der Waals surface area contributed by atoms with Gasteiger partial charge in [-0.3, -0.25) is 4.79 Å². The highest BCUT2D eigenvalue weighted by molar-refractivity contribution is 14.1. The molecule has 174 valence electrons. The van der Waals surface area contributed by atoms with E-state index in [-0.39, 0.29) is 5.57 Å². The molecule has 1 N–H and O–H groups in total. The smallest absolute Gasteiger partial charge is 0.266 e. The summed E-state index contributed by atoms with van der Waals surface area (Å²) in [6.07, 6.45) is 1.56. The summed E-state index contributed by atoms with van der Waals surface area (Å²) < 4.78 is 12.7. The first kappa shape index (κ1) is 24.3. The molecular weight excluding hydrogens is 551 g/mol. The standard InChI is InChI=1S/C29H23IN2O3/c1-2-34-27-16-21(15-26(30)28(27)35-19-20-8-4-3-5-9-20)14-24(18-31)29(33)32-25-13-12-22-10-6-7-11-23(22)17-25/h3-17H,2,19H2,1H3,(H,32,33)/b24-14+. The number of benzene rings is 4. The van der Waals surface area contributed by atoms with E-state index in [9.17, 15) is 10.1 Å². The third kappa shape index (κ3) is 6.19. The lowest BCUT2D eigenvalue weighted by molar-refractivity contribution is -0.112. The number of halogens is 1. The number of carbonyl (C=O) groups is 1. The molecule has 0 saturated heterocycles. The van der Waals surface area contributed by atoms with Crippen LogP contribution in [0.2, 0.25) is 0 Å². The molecule has 0 radical (unpaired) electrons. The van der Waals surface area contributed by atoms with Crippen molar-refractivity contribution >= 4 is 51.0 Å². The van der Waals surface area contributed by atoms with Gasteiger partial charge in [0.1, 0.15) is 18.2 Å². The van der Waals surface area contributed by atoms with Crippen LogP contribution in [0.15, 0.2) is 90.5 Å². The van der Waals surface area contributed by atoms with E-state index in [4.69, 9.17) is 9.47 Å². The summed E-state index contributed by atoms with van der Waals surface area (Å²) in [5.41, 5.74) is 2.35. The number of nitrogens with one attached hydrogen (secondary N) is 1. The van der Waals surface area contributed by atoms with Crippen molar-refractivity contribution in [3.63, 3.8) is 0 Å². The quantitative estimate of drug-likeness (QED) is 0.140. The van der Waals surface area contributed by atoms with Gasteiger partial charge < -0.3 is 14.8 Å². The molecular formula is C29H23IN2O3. The van der Waals surface area contributed by atoms with E-state index in [1.54, 1.807) is 12.1 Å². The monoisotopic (exact) mass is 574 g/mol. The highest BCUT2D eigenvalue weighted by Crippen LogP contribution is 2.35. The molecule has 6 heteroatoms. The Morgan fingerprint density at radius 3 is 2.46 bits per heavy atom. The van der Waals surface area contributed by atoms with Gasteiger partial charge in [0, 0.05) is 5.69 Å². The maximum absolute atomic E-state index is 12.8. The van der Waals surface area contributed by atoms with Crippen LogP contribution < -0.4 is 14.8 Å². The van der Waals surface area contributed by atoms with E-state index in [2.05, 4.69) is 27.9 Å². The van der Waals surface area contributed by atoms with E-state index in [0.29, 0.717) is 36.0 Å². The van der Waals surface area contributed by atoms with Gasteiger partial charge >= 0.3 is 0 Å². The summed E-state index contributed by atoms with van der Waals surface area (Å²) in [5.74, 6) is 0.724. The van der Waals surface area contributed by atoms with Gasteiger partial charge in [0.05, 0.1) is 10.2 Å². The first-order valence-electron chi connectivity index (χ1n) is 11.1. The molecule has 4 aromatic rings. The molecule has 0 bridgehead atoms. The zero-order valence-corrected chi connectivity index (χ0v) is 21.3. The van der Waals surface area contributed by atoms with Crippen molar-refractivity contribution < 1.29 is 14.3 Å². The Hall–Kier alpha value is -3.83. The highest BCUT2D eigenvalue weighted by Gasteiger charge is 2.15. The first-order chi connectivity index (χ1) is 17.1. The molecule has 0 unspecified atom stereocenters. The lowest BCUT2D eigenvalue weighted by Crippen LogP contribution is -2.13. The molecule has 0 aliphatic heterocycles. The number of hydrogen-bond donors (Lipinski definition) is 1. The van der Waals surface area contributed by atoms with Crippen molar-refractivity contribution in [1.29, 1.82) is 5.26 Å². The SMILES string of the molecule is CCOc1cc(/C=C(\C#N)C(=O)Nc2ccc3ccccc3c2)cc(I)c1OCc1ccccc1. The zero-order chi connectivity index (χ0) is 24.6. The van der Waals surface area contributed by atoms with E-state index in [1.165, 1.54) is 0 Å². The fourth-order valence-corrected chi connectivity index (χ4v) is 4.37. The molecule has 0 aromatic heterocycles. The Kier molecular flexibility index (Phi) is 8.01. The largest absolute Gasteiger partial charge is 0.490 e.